The molecule has 2 aliphatic heterocycles. The van der Waals surface area contributed by atoms with Gasteiger partial charge in [-0.25, -0.2) is 0 Å². The Labute approximate surface area is 206 Å². The molecule has 2 saturated heterocycles. The maximum atomic E-state index is 11.2. The third-order valence-electron chi connectivity index (χ3n) is 6.70. The van der Waals surface area contributed by atoms with Gasteiger partial charge in [-0.05, 0) is 30.5 Å². The molecule has 6 nitrogen and oxygen atoms in total. The minimum absolute atomic E-state index is 0.104. The zero-order valence-corrected chi connectivity index (χ0v) is 20.2. The summed E-state index contributed by atoms with van der Waals surface area (Å²) in [5.74, 6) is -0.839. The first-order valence-corrected chi connectivity index (χ1v) is 12.0. The monoisotopic (exact) mass is 476 g/mol. The highest BCUT2D eigenvalue weighted by Gasteiger charge is 2.55. The van der Waals surface area contributed by atoms with Gasteiger partial charge in [0.05, 0.1) is 6.61 Å². The van der Waals surface area contributed by atoms with Gasteiger partial charge in [0.15, 0.2) is 12.1 Å². The standard InChI is InChI=1S/C29H32O6/c1-28(2)34-25-24(30)23(33-27(31-3)26(25)35-28)19-32-29(20-13-7-4-8-14-20,21-15-9-5-10-16-21)22-17-11-6-12-18-22/h4-18,23-27,30H,19H2,1-3H3/t23-,24+,25+,26-,27+/m1/s1. The van der Waals surface area contributed by atoms with E-state index in [1.54, 1.807) is 7.11 Å². The summed E-state index contributed by atoms with van der Waals surface area (Å²) in [6.45, 7) is 3.75. The van der Waals surface area contributed by atoms with Gasteiger partial charge in [-0.15, -0.1) is 0 Å². The number of aliphatic hydroxyl groups is 1. The van der Waals surface area contributed by atoms with Crippen LogP contribution in [0.5, 0.6) is 0 Å². The molecule has 5 rings (SSSR count). The number of methoxy groups -OCH3 is 1. The van der Waals surface area contributed by atoms with E-state index in [0.29, 0.717) is 0 Å². The SMILES string of the molecule is CO[C@H]1O[C@H](COC(c2ccccc2)(c2ccccc2)c2ccccc2)[C@H](O)[C@@H]2OC(C)(C)O[C@@H]12. The number of fused-ring (bicyclic) bond motifs is 1. The number of benzene rings is 3. The Hall–Kier alpha value is -2.58. The van der Waals surface area contributed by atoms with Crippen LogP contribution in [0, 0.1) is 0 Å². The second kappa shape index (κ2) is 9.82. The van der Waals surface area contributed by atoms with Crippen molar-refractivity contribution in [3.05, 3.63) is 108 Å². The summed E-state index contributed by atoms with van der Waals surface area (Å²) in [6.07, 6.45) is -3.43. The van der Waals surface area contributed by atoms with Crippen molar-refractivity contribution in [2.75, 3.05) is 13.7 Å². The van der Waals surface area contributed by atoms with Crippen molar-refractivity contribution in [1.82, 2.24) is 0 Å². The van der Waals surface area contributed by atoms with Crippen molar-refractivity contribution in [3.8, 4) is 0 Å². The van der Waals surface area contributed by atoms with Crippen LogP contribution in [-0.2, 0) is 29.3 Å². The molecular formula is C29H32O6. The molecule has 0 saturated carbocycles. The highest BCUT2D eigenvalue weighted by atomic mass is 16.8. The summed E-state index contributed by atoms with van der Waals surface area (Å²) in [4.78, 5) is 0. The fraction of sp³-hybridized carbons (Fsp3) is 0.379. The van der Waals surface area contributed by atoms with Gasteiger partial charge in [-0.3, -0.25) is 0 Å². The van der Waals surface area contributed by atoms with E-state index in [4.69, 9.17) is 23.7 Å². The second-order valence-corrected chi connectivity index (χ2v) is 9.42. The summed E-state index contributed by atoms with van der Waals surface area (Å²) >= 11 is 0. The number of aliphatic hydroxyl groups excluding tert-OH is 1. The van der Waals surface area contributed by atoms with E-state index in [1.165, 1.54) is 0 Å². The zero-order chi connectivity index (χ0) is 24.5. The quantitative estimate of drug-likeness (QED) is 0.515. The van der Waals surface area contributed by atoms with Crippen LogP contribution < -0.4 is 0 Å². The van der Waals surface area contributed by atoms with E-state index < -0.39 is 42.1 Å². The molecule has 2 aliphatic rings. The molecule has 0 unspecified atom stereocenters. The fourth-order valence-electron chi connectivity index (χ4n) is 5.14. The first-order valence-electron chi connectivity index (χ1n) is 12.0. The Morgan fingerprint density at radius 2 is 1.23 bits per heavy atom. The molecule has 5 atom stereocenters. The number of rotatable bonds is 7. The normalized spacial score (nSPS) is 27.9. The molecule has 0 aliphatic carbocycles. The van der Waals surface area contributed by atoms with E-state index in [2.05, 4.69) is 36.4 Å². The lowest BCUT2D eigenvalue weighted by Crippen LogP contribution is -2.58. The van der Waals surface area contributed by atoms with Crippen LogP contribution in [0.4, 0.5) is 0 Å². The number of ether oxygens (including phenoxy) is 5. The van der Waals surface area contributed by atoms with Gasteiger partial charge < -0.3 is 28.8 Å². The summed E-state index contributed by atoms with van der Waals surface area (Å²) in [5.41, 5.74) is 2.01. The largest absolute Gasteiger partial charge is 0.387 e. The predicted molar refractivity (Wildman–Crippen MR) is 131 cm³/mol. The highest BCUT2D eigenvalue weighted by molar-refractivity contribution is 5.47. The highest BCUT2D eigenvalue weighted by Crippen LogP contribution is 2.42. The topological polar surface area (TPSA) is 66.4 Å². The molecule has 0 amide bonds. The maximum Gasteiger partial charge on any atom is 0.186 e. The van der Waals surface area contributed by atoms with E-state index in [-0.39, 0.29) is 6.61 Å². The molecule has 0 aromatic heterocycles. The molecule has 2 fully saturated rings. The van der Waals surface area contributed by atoms with E-state index in [0.717, 1.165) is 16.7 Å². The lowest BCUT2D eigenvalue weighted by atomic mass is 9.80. The molecule has 0 bridgehead atoms. The second-order valence-electron chi connectivity index (χ2n) is 9.42. The fourth-order valence-corrected chi connectivity index (χ4v) is 5.14. The zero-order valence-electron chi connectivity index (χ0n) is 20.2. The average molecular weight is 477 g/mol. The Balaban J connectivity index is 1.53. The maximum absolute atomic E-state index is 11.2. The molecule has 6 heteroatoms. The predicted octanol–water partition coefficient (Wildman–Crippen LogP) is 4.25. The van der Waals surface area contributed by atoms with Gasteiger partial charge in [0, 0.05) is 7.11 Å². The van der Waals surface area contributed by atoms with Gasteiger partial charge in [-0.1, -0.05) is 91.0 Å². The smallest absolute Gasteiger partial charge is 0.186 e. The minimum atomic E-state index is -0.951. The van der Waals surface area contributed by atoms with Crippen molar-refractivity contribution >= 4 is 0 Å². The first-order chi connectivity index (χ1) is 16.9. The van der Waals surface area contributed by atoms with Crippen molar-refractivity contribution in [3.63, 3.8) is 0 Å². The molecular weight excluding hydrogens is 444 g/mol. The molecule has 2 heterocycles. The third-order valence-corrected chi connectivity index (χ3v) is 6.70. The van der Waals surface area contributed by atoms with Crippen LogP contribution in [0.3, 0.4) is 0 Å². The van der Waals surface area contributed by atoms with Crippen LogP contribution in [0.1, 0.15) is 30.5 Å². The molecule has 184 valence electrons. The Kier molecular flexibility index (Phi) is 6.77. The summed E-state index contributed by atoms with van der Waals surface area (Å²) in [6, 6.07) is 30.3. The lowest BCUT2D eigenvalue weighted by Gasteiger charge is -2.42. The molecule has 35 heavy (non-hydrogen) atoms. The Morgan fingerprint density at radius 1 is 0.771 bits per heavy atom. The molecule has 0 radical (unpaired) electrons. The molecule has 3 aromatic carbocycles. The third kappa shape index (κ3) is 4.54. The van der Waals surface area contributed by atoms with Crippen LogP contribution in [-0.4, -0.2) is 55.3 Å². The van der Waals surface area contributed by atoms with Crippen molar-refractivity contribution in [2.24, 2.45) is 0 Å². The van der Waals surface area contributed by atoms with Gasteiger partial charge in [0.1, 0.15) is 30.0 Å². The van der Waals surface area contributed by atoms with Gasteiger partial charge in [0.25, 0.3) is 0 Å². The van der Waals surface area contributed by atoms with Crippen LogP contribution >= 0.6 is 0 Å². The van der Waals surface area contributed by atoms with E-state index in [9.17, 15) is 5.11 Å². The van der Waals surface area contributed by atoms with Crippen molar-refractivity contribution < 1.29 is 28.8 Å². The number of hydrogen-bond acceptors (Lipinski definition) is 6. The van der Waals surface area contributed by atoms with E-state index in [1.807, 2.05) is 68.4 Å². The number of hydrogen-bond donors (Lipinski definition) is 1. The lowest BCUT2D eigenvalue weighted by molar-refractivity contribution is -0.278. The molecule has 1 N–H and O–H groups in total. The van der Waals surface area contributed by atoms with Crippen LogP contribution in [0.15, 0.2) is 91.0 Å². The first kappa shape index (κ1) is 24.1. The van der Waals surface area contributed by atoms with Crippen molar-refractivity contribution in [2.45, 2.75) is 55.9 Å². The average Bonchev–Trinajstić information content (AvgIpc) is 3.23. The molecule has 0 spiro atoms. The Bertz CT molecular complexity index is 991. The van der Waals surface area contributed by atoms with Crippen LogP contribution in [0.2, 0.25) is 0 Å². The van der Waals surface area contributed by atoms with E-state index >= 15 is 0 Å². The van der Waals surface area contributed by atoms with Crippen LogP contribution in [0.25, 0.3) is 0 Å². The Morgan fingerprint density at radius 3 is 1.69 bits per heavy atom. The molecule has 3 aromatic rings. The summed E-state index contributed by atoms with van der Waals surface area (Å²) < 4.78 is 30.6. The van der Waals surface area contributed by atoms with Crippen molar-refractivity contribution in [1.29, 1.82) is 0 Å². The van der Waals surface area contributed by atoms with Gasteiger partial charge >= 0.3 is 0 Å². The van der Waals surface area contributed by atoms with Gasteiger partial charge in [0.2, 0.25) is 0 Å². The minimum Gasteiger partial charge on any atom is -0.387 e. The van der Waals surface area contributed by atoms with Gasteiger partial charge in [-0.2, -0.15) is 0 Å². The summed E-state index contributed by atoms with van der Waals surface area (Å²) in [5, 5.41) is 11.2. The summed E-state index contributed by atoms with van der Waals surface area (Å²) in [7, 11) is 1.56.